The van der Waals surface area contributed by atoms with E-state index in [4.69, 9.17) is 14.6 Å². The third-order valence-corrected chi connectivity index (χ3v) is 3.55. The van der Waals surface area contributed by atoms with Gasteiger partial charge in [-0.1, -0.05) is 6.92 Å². The largest absolute Gasteiger partial charge is 0.486 e. The monoisotopic (exact) mass is 315 g/mol. The first kappa shape index (κ1) is 13.6. The highest BCUT2D eigenvalue weighted by atomic mass is 79.9. The number of hydrogen-bond donors (Lipinski definition) is 2. The number of aliphatic hydroxyl groups is 1. The predicted octanol–water partition coefficient (Wildman–Crippen LogP) is 2.08. The first-order chi connectivity index (χ1) is 8.74. The van der Waals surface area contributed by atoms with Crippen molar-refractivity contribution in [2.45, 2.75) is 25.9 Å². The first-order valence-electron chi connectivity index (χ1n) is 6.16. The molecule has 4 nitrogen and oxygen atoms in total. The summed E-state index contributed by atoms with van der Waals surface area (Å²) < 4.78 is 12.0. The quantitative estimate of drug-likeness (QED) is 0.873. The lowest BCUT2D eigenvalue weighted by atomic mass is 10.1. The van der Waals surface area contributed by atoms with E-state index in [2.05, 4.69) is 21.2 Å². The number of hydrogen-bond acceptors (Lipinski definition) is 4. The molecule has 18 heavy (non-hydrogen) atoms. The molecule has 0 saturated carbocycles. The molecule has 0 aliphatic carbocycles. The van der Waals surface area contributed by atoms with Gasteiger partial charge in [-0.15, -0.1) is 0 Å². The van der Waals surface area contributed by atoms with Crippen LogP contribution in [0.4, 0.5) is 0 Å². The molecule has 0 radical (unpaired) electrons. The summed E-state index contributed by atoms with van der Waals surface area (Å²) in [5.41, 5.74) is 1.11. The van der Waals surface area contributed by atoms with Gasteiger partial charge in [0.05, 0.1) is 11.1 Å². The molecule has 0 aromatic heterocycles. The minimum atomic E-state index is 0.136. The number of nitrogens with one attached hydrogen (secondary N) is 1. The SMILES string of the molecule is CCC(CO)NCc1cc(Br)c2c(c1)OCCO2. The van der Waals surface area contributed by atoms with E-state index in [0.29, 0.717) is 19.8 Å². The highest BCUT2D eigenvalue weighted by Gasteiger charge is 2.16. The summed E-state index contributed by atoms with van der Waals surface area (Å²) in [5.74, 6) is 1.56. The Balaban J connectivity index is 2.07. The Morgan fingerprint density at radius 1 is 1.39 bits per heavy atom. The van der Waals surface area contributed by atoms with Crippen molar-refractivity contribution < 1.29 is 14.6 Å². The van der Waals surface area contributed by atoms with Gasteiger partial charge in [-0.3, -0.25) is 0 Å². The van der Waals surface area contributed by atoms with Gasteiger partial charge in [0.25, 0.3) is 0 Å². The molecule has 1 aromatic rings. The third-order valence-electron chi connectivity index (χ3n) is 2.96. The molecule has 0 fully saturated rings. The Hall–Kier alpha value is -0.780. The smallest absolute Gasteiger partial charge is 0.175 e. The fraction of sp³-hybridized carbons (Fsp3) is 0.538. The number of aliphatic hydroxyl groups excluding tert-OH is 1. The Bertz CT molecular complexity index is 407. The van der Waals surface area contributed by atoms with Crippen LogP contribution < -0.4 is 14.8 Å². The maximum Gasteiger partial charge on any atom is 0.175 e. The molecule has 1 atom stereocenters. The van der Waals surface area contributed by atoms with E-state index in [1.165, 1.54) is 0 Å². The van der Waals surface area contributed by atoms with Crippen LogP contribution in [-0.4, -0.2) is 31.0 Å². The number of rotatable bonds is 5. The van der Waals surface area contributed by atoms with Crippen LogP contribution in [-0.2, 0) is 6.54 Å². The van der Waals surface area contributed by atoms with Crippen LogP contribution in [0.25, 0.3) is 0 Å². The minimum Gasteiger partial charge on any atom is -0.486 e. The van der Waals surface area contributed by atoms with Gasteiger partial charge in [0.15, 0.2) is 11.5 Å². The molecule has 0 amide bonds. The van der Waals surface area contributed by atoms with Crippen molar-refractivity contribution in [3.63, 3.8) is 0 Å². The fourth-order valence-electron chi connectivity index (χ4n) is 1.87. The summed E-state index contributed by atoms with van der Waals surface area (Å²) in [7, 11) is 0. The van der Waals surface area contributed by atoms with Gasteiger partial charge in [0.1, 0.15) is 13.2 Å². The summed E-state index contributed by atoms with van der Waals surface area (Å²) >= 11 is 3.49. The molecule has 1 unspecified atom stereocenters. The fourth-order valence-corrected chi connectivity index (χ4v) is 2.47. The molecule has 5 heteroatoms. The lowest BCUT2D eigenvalue weighted by Gasteiger charge is -2.21. The molecule has 0 bridgehead atoms. The van der Waals surface area contributed by atoms with Crippen molar-refractivity contribution in [3.05, 3.63) is 22.2 Å². The van der Waals surface area contributed by atoms with E-state index < -0.39 is 0 Å². The maximum atomic E-state index is 9.13. The lowest BCUT2D eigenvalue weighted by Crippen LogP contribution is -2.31. The lowest BCUT2D eigenvalue weighted by molar-refractivity contribution is 0.170. The summed E-state index contributed by atoms with van der Waals surface area (Å²) in [6, 6.07) is 4.14. The van der Waals surface area contributed by atoms with Gasteiger partial charge >= 0.3 is 0 Å². The predicted molar refractivity (Wildman–Crippen MR) is 73.1 cm³/mol. The second kappa shape index (κ2) is 6.41. The van der Waals surface area contributed by atoms with Crippen molar-refractivity contribution in [2.75, 3.05) is 19.8 Å². The van der Waals surface area contributed by atoms with Crippen LogP contribution in [0.15, 0.2) is 16.6 Å². The highest BCUT2D eigenvalue weighted by Crippen LogP contribution is 2.38. The molecule has 1 heterocycles. The molecule has 0 spiro atoms. The first-order valence-corrected chi connectivity index (χ1v) is 6.96. The van der Waals surface area contributed by atoms with E-state index in [1.54, 1.807) is 0 Å². The van der Waals surface area contributed by atoms with Crippen LogP contribution in [0, 0.1) is 0 Å². The van der Waals surface area contributed by atoms with E-state index in [9.17, 15) is 0 Å². The zero-order valence-corrected chi connectivity index (χ0v) is 12.0. The number of fused-ring (bicyclic) bond motifs is 1. The van der Waals surface area contributed by atoms with E-state index >= 15 is 0 Å². The molecular formula is C13H18BrNO3. The number of halogens is 1. The third kappa shape index (κ3) is 3.16. The average molecular weight is 316 g/mol. The van der Waals surface area contributed by atoms with Crippen molar-refractivity contribution in [3.8, 4) is 11.5 Å². The van der Waals surface area contributed by atoms with Gasteiger partial charge in [-0.05, 0) is 40.0 Å². The van der Waals surface area contributed by atoms with Crippen LogP contribution in [0.5, 0.6) is 11.5 Å². The molecule has 0 saturated heterocycles. The van der Waals surface area contributed by atoms with Gasteiger partial charge < -0.3 is 19.9 Å². The second-order valence-corrected chi connectivity index (χ2v) is 5.12. The molecule has 1 aliphatic heterocycles. The highest BCUT2D eigenvalue weighted by molar-refractivity contribution is 9.10. The van der Waals surface area contributed by atoms with Crippen molar-refractivity contribution >= 4 is 15.9 Å². The zero-order valence-electron chi connectivity index (χ0n) is 10.4. The second-order valence-electron chi connectivity index (χ2n) is 4.27. The molecular weight excluding hydrogens is 298 g/mol. The van der Waals surface area contributed by atoms with Crippen LogP contribution in [0.1, 0.15) is 18.9 Å². The Morgan fingerprint density at radius 2 is 2.17 bits per heavy atom. The van der Waals surface area contributed by atoms with Gasteiger partial charge in [0.2, 0.25) is 0 Å². The van der Waals surface area contributed by atoms with Crippen LogP contribution >= 0.6 is 15.9 Å². The Labute approximate surface area is 115 Å². The topological polar surface area (TPSA) is 50.7 Å². The minimum absolute atomic E-state index is 0.136. The standard InChI is InChI=1S/C13H18BrNO3/c1-2-10(8-16)15-7-9-5-11(14)13-12(6-9)17-3-4-18-13/h5-6,10,15-16H,2-4,7-8H2,1H3. The summed E-state index contributed by atoms with van der Waals surface area (Å²) in [4.78, 5) is 0. The Kier molecular flexibility index (Phi) is 4.86. The van der Waals surface area contributed by atoms with Gasteiger partial charge in [-0.25, -0.2) is 0 Å². The summed E-state index contributed by atoms with van der Waals surface area (Å²) in [5, 5.41) is 12.4. The van der Waals surface area contributed by atoms with Crippen molar-refractivity contribution in [1.82, 2.24) is 5.32 Å². The van der Waals surface area contributed by atoms with E-state index in [0.717, 1.165) is 28.0 Å². The van der Waals surface area contributed by atoms with Gasteiger partial charge in [-0.2, -0.15) is 0 Å². The molecule has 2 N–H and O–H groups in total. The Morgan fingerprint density at radius 3 is 2.89 bits per heavy atom. The van der Waals surface area contributed by atoms with Crippen LogP contribution in [0.3, 0.4) is 0 Å². The van der Waals surface area contributed by atoms with Crippen molar-refractivity contribution in [2.24, 2.45) is 0 Å². The number of ether oxygens (including phenoxy) is 2. The summed E-state index contributed by atoms with van der Waals surface area (Å²) in [6.07, 6.45) is 0.905. The van der Waals surface area contributed by atoms with E-state index in [-0.39, 0.29) is 12.6 Å². The van der Waals surface area contributed by atoms with Crippen molar-refractivity contribution in [1.29, 1.82) is 0 Å². The normalized spacial score (nSPS) is 15.5. The van der Waals surface area contributed by atoms with E-state index in [1.807, 2.05) is 19.1 Å². The van der Waals surface area contributed by atoms with Crippen LogP contribution in [0.2, 0.25) is 0 Å². The zero-order chi connectivity index (χ0) is 13.0. The molecule has 2 rings (SSSR count). The van der Waals surface area contributed by atoms with Gasteiger partial charge in [0, 0.05) is 12.6 Å². The molecule has 1 aliphatic rings. The molecule has 1 aromatic carbocycles. The average Bonchev–Trinajstić information content (AvgIpc) is 2.40. The summed E-state index contributed by atoms with van der Waals surface area (Å²) in [6.45, 7) is 4.08. The number of benzene rings is 1. The maximum absolute atomic E-state index is 9.13. The molecule has 100 valence electrons.